The van der Waals surface area contributed by atoms with Gasteiger partial charge in [-0.1, -0.05) is 0 Å². The quantitative estimate of drug-likeness (QED) is 0.470. The van der Waals surface area contributed by atoms with Crippen molar-refractivity contribution in [1.29, 1.82) is 0 Å². The van der Waals surface area contributed by atoms with E-state index < -0.39 is 12.1 Å². The molecular weight excluding hydrogens is 124 g/mol. The molecule has 0 amide bonds. The molecule has 1 atom stereocenters. The van der Waals surface area contributed by atoms with Gasteiger partial charge in [0.1, 0.15) is 0 Å². The number of hydrogen-bond acceptors (Lipinski definition) is 3. The molecular formula is C5H10O4. The number of aliphatic hydroxyl groups excluding tert-OH is 2. The summed E-state index contributed by atoms with van der Waals surface area (Å²) in [6, 6.07) is 0. The average Bonchev–Trinajstić information content (AvgIpc) is 1.63. The van der Waals surface area contributed by atoms with Crippen LogP contribution in [0.3, 0.4) is 0 Å². The lowest BCUT2D eigenvalue weighted by Gasteiger charge is -2.02. The van der Waals surface area contributed by atoms with Gasteiger partial charge in [-0.25, -0.2) is 0 Å². The summed E-state index contributed by atoms with van der Waals surface area (Å²) >= 11 is 0. The molecule has 4 heteroatoms. The maximum atomic E-state index is 9.84. The van der Waals surface area contributed by atoms with E-state index >= 15 is 0 Å². The molecule has 0 aromatic rings. The van der Waals surface area contributed by atoms with Gasteiger partial charge in [-0.15, -0.1) is 0 Å². The zero-order valence-corrected chi connectivity index (χ0v) is 4.95. The van der Waals surface area contributed by atoms with Crippen molar-refractivity contribution in [1.82, 2.24) is 0 Å². The Hall–Kier alpha value is -0.610. The van der Waals surface area contributed by atoms with E-state index in [-0.39, 0.29) is 19.4 Å². The highest BCUT2D eigenvalue weighted by Crippen LogP contribution is 1.95. The van der Waals surface area contributed by atoms with Crippen molar-refractivity contribution in [3.8, 4) is 0 Å². The van der Waals surface area contributed by atoms with Crippen LogP contribution in [-0.2, 0) is 4.79 Å². The third-order valence-electron chi connectivity index (χ3n) is 0.873. The molecule has 0 unspecified atom stereocenters. The third-order valence-corrected chi connectivity index (χ3v) is 0.873. The molecule has 0 aliphatic heterocycles. The summed E-state index contributed by atoms with van der Waals surface area (Å²) in [4.78, 5) is 9.84. The minimum Gasteiger partial charge on any atom is -0.481 e. The first kappa shape index (κ1) is 8.39. The number of aliphatic hydroxyl groups is 2. The number of aliphatic carboxylic acids is 1. The van der Waals surface area contributed by atoms with E-state index in [1.165, 1.54) is 0 Å². The molecule has 0 fully saturated rings. The topological polar surface area (TPSA) is 77.8 Å². The summed E-state index contributed by atoms with van der Waals surface area (Å²) in [5.74, 6) is -1.05. The first-order valence-corrected chi connectivity index (χ1v) is 2.67. The number of hydrogen-bond donors (Lipinski definition) is 3. The van der Waals surface area contributed by atoms with E-state index in [2.05, 4.69) is 0 Å². The maximum absolute atomic E-state index is 9.84. The Balaban J connectivity index is 3.26. The Morgan fingerprint density at radius 3 is 2.44 bits per heavy atom. The minimum absolute atomic E-state index is 0.131. The van der Waals surface area contributed by atoms with Crippen LogP contribution in [0.5, 0.6) is 0 Å². The first-order valence-electron chi connectivity index (χ1n) is 2.67. The van der Waals surface area contributed by atoms with Crippen molar-refractivity contribution in [2.75, 3.05) is 6.61 Å². The summed E-state index contributed by atoms with van der Waals surface area (Å²) in [6.07, 6.45) is -1.07. The van der Waals surface area contributed by atoms with Gasteiger partial charge in [0.05, 0.1) is 12.5 Å². The van der Waals surface area contributed by atoms with Gasteiger partial charge in [0.15, 0.2) is 0 Å². The Morgan fingerprint density at radius 1 is 1.56 bits per heavy atom. The molecule has 0 aliphatic carbocycles. The van der Waals surface area contributed by atoms with Gasteiger partial charge >= 0.3 is 5.97 Å². The van der Waals surface area contributed by atoms with Gasteiger partial charge in [-0.05, 0) is 6.42 Å². The number of rotatable bonds is 4. The third kappa shape index (κ3) is 5.26. The predicted molar refractivity (Wildman–Crippen MR) is 30.0 cm³/mol. The van der Waals surface area contributed by atoms with E-state index in [1.807, 2.05) is 0 Å². The lowest BCUT2D eigenvalue weighted by Crippen LogP contribution is -2.13. The van der Waals surface area contributed by atoms with E-state index in [0.29, 0.717) is 0 Å². The summed E-state index contributed by atoms with van der Waals surface area (Å²) in [6.45, 7) is -0.172. The highest BCUT2D eigenvalue weighted by molar-refractivity contribution is 5.67. The summed E-state index contributed by atoms with van der Waals surface area (Å²) in [5, 5.41) is 24.9. The minimum atomic E-state index is -1.05. The molecule has 0 bridgehead atoms. The molecule has 0 aliphatic rings. The van der Waals surface area contributed by atoms with Gasteiger partial charge in [-0.3, -0.25) is 4.79 Å². The lowest BCUT2D eigenvalue weighted by atomic mass is 10.2. The molecule has 0 saturated carbocycles. The zero-order valence-electron chi connectivity index (χ0n) is 4.95. The van der Waals surface area contributed by atoms with Crippen LogP contribution in [0.25, 0.3) is 0 Å². The van der Waals surface area contributed by atoms with E-state index in [4.69, 9.17) is 15.3 Å². The molecule has 0 aromatic carbocycles. The predicted octanol–water partition coefficient (Wildman–Crippen LogP) is -0.796. The van der Waals surface area contributed by atoms with Gasteiger partial charge in [0.25, 0.3) is 0 Å². The van der Waals surface area contributed by atoms with Gasteiger partial charge in [0.2, 0.25) is 0 Å². The SMILES string of the molecule is O=C(O)C[C@H](O)CCO. The standard InChI is InChI=1S/C5H10O4/c6-2-1-4(7)3-5(8)9/h4,6-7H,1-3H2,(H,8,9)/t4-/m1/s1. The highest BCUT2D eigenvalue weighted by atomic mass is 16.4. The monoisotopic (exact) mass is 134 g/mol. The van der Waals surface area contributed by atoms with Crippen molar-refractivity contribution in [2.45, 2.75) is 18.9 Å². The van der Waals surface area contributed by atoms with Crippen molar-refractivity contribution < 1.29 is 20.1 Å². The Kier molecular flexibility index (Phi) is 4.00. The van der Waals surface area contributed by atoms with Crippen molar-refractivity contribution in [3.63, 3.8) is 0 Å². The molecule has 0 rings (SSSR count). The highest BCUT2D eigenvalue weighted by Gasteiger charge is 2.07. The number of carboxylic acids is 1. The second-order valence-electron chi connectivity index (χ2n) is 1.76. The Bertz CT molecular complexity index is 91.0. The number of carbonyl (C=O) groups is 1. The van der Waals surface area contributed by atoms with Crippen LogP contribution in [0.15, 0.2) is 0 Å². The molecule has 0 radical (unpaired) electrons. The largest absolute Gasteiger partial charge is 0.481 e. The summed E-state index contributed by atoms with van der Waals surface area (Å²) in [5.41, 5.74) is 0. The Morgan fingerprint density at radius 2 is 2.11 bits per heavy atom. The lowest BCUT2D eigenvalue weighted by molar-refractivity contribution is -0.139. The fourth-order valence-electron chi connectivity index (χ4n) is 0.453. The second-order valence-corrected chi connectivity index (χ2v) is 1.76. The molecule has 9 heavy (non-hydrogen) atoms. The zero-order chi connectivity index (χ0) is 7.28. The Labute approximate surface area is 52.7 Å². The molecule has 0 heterocycles. The molecule has 54 valence electrons. The normalized spacial score (nSPS) is 13.1. The van der Waals surface area contributed by atoms with Crippen LogP contribution >= 0.6 is 0 Å². The fraction of sp³-hybridized carbons (Fsp3) is 0.800. The average molecular weight is 134 g/mol. The first-order chi connectivity index (χ1) is 4.16. The fourth-order valence-corrected chi connectivity index (χ4v) is 0.453. The summed E-state index contributed by atoms with van der Waals surface area (Å²) in [7, 11) is 0. The van der Waals surface area contributed by atoms with Crippen LogP contribution in [0.1, 0.15) is 12.8 Å². The molecule has 3 N–H and O–H groups in total. The second kappa shape index (κ2) is 4.29. The van der Waals surface area contributed by atoms with Crippen molar-refractivity contribution in [2.24, 2.45) is 0 Å². The van der Waals surface area contributed by atoms with Crippen LogP contribution < -0.4 is 0 Å². The maximum Gasteiger partial charge on any atom is 0.305 e. The van der Waals surface area contributed by atoms with E-state index in [1.54, 1.807) is 0 Å². The van der Waals surface area contributed by atoms with Crippen LogP contribution in [0, 0.1) is 0 Å². The van der Waals surface area contributed by atoms with Gasteiger partial charge < -0.3 is 15.3 Å². The van der Waals surface area contributed by atoms with Crippen LogP contribution in [0.4, 0.5) is 0 Å². The van der Waals surface area contributed by atoms with Gasteiger partial charge in [-0.2, -0.15) is 0 Å². The van der Waals surface area contributed by atoms with Crippen molar-refractivity contribution >= 4 is 5.97 Å². The smallest absolute Gasteiger partial charge is 0.305 e. The van der Waals surface area contributed by atoms with Crippen molar-refractivity contribution in [3.05, 3.63) is 0 Å². The molecule has 0 spiro atoms. The van der Waals surface area contributed by atoms with Gasteiger partial charge in [0, 0.05) is 6.61 Å². The summed E-state index contributed by atoms with van der Waals surface area (Å²) < 4.78 is 0. The van der Waals surface area contributed by atoms with E-state index in [0.717, 1.165) is 0 Å². The van der Waals surface area contributed by atoms with E-state index in [9.17, 15) is 4.79 Å². The van der Waals surface area contributed by atoms with Crippen LogP contribution in [0.2, 0.25) is 0 Å². The molecule has 0 aromatic heterocycles. The van der Waals surface area contributed by atoms with Crippen LogP contribution in [-0.4, -0.2) is 34.0 Å². The number of carboxylic acid groups (broad SMARTS) is 1. The molecule has 4 nitrogen and oxygen atoms in total. The molecule has 0 saturated heterocycles.